The summed E-state index contributed by atoms with van der Waals surface area (Å²) < 4.78 is 0. The maximum Gasteiger partial charge on any atom is 0 e. The Hall–Kier alpha value is -1.30. The van der Waals surface area contributed by atoms with Crippen molar-refractivity contribution in [2.24, 2.45) is 0 Å². The number of rotatable bonds is 0. The number of hydrogen-bond donors (Lipinski definition) is 0. The fraction of sp³-hybridized carbons (Fsp3) is 0. The van der Waals surface area contributed by atoms with Crippen LogP contribution in [0.3, 0.4) is 0 Å². The molecule has 0 amide bonds. The molecule has 0 aliphatic rings. The summed E-state index contributed by atoms with van der Waals surface area (Å²) in [6.45, 7) is 0. The van der Waals surface area contributed by atoms with Gasteiger partial charge < -0.3 is 0 Å². The molecule has 2 aromatic rings. The van der Waals surface area contributed by atoms with E-state index in [9.17, 15) is 0 Å². The summed E-state index contributed by atoms with van der Waals surface area (Å²) in [6.07, 6.45) is 0. The van der Waals surface area contributed by atoms with E-state index < -0.39 is 0 Å². The summed E-state index contributed by atoms with van der Waals surface area (Å²) in [5.74, 6) is 0. The molecule has 0 aliphatic carbocycles. The van der Waals surface area contributed by atoms with Crippen molar-refractivity contribution in [2.45, 2.75) is 0 Å². The van der Waals surface area contributed by atoms with Crippen molar-refractivity contribution in [1.29, 1.82) is 0 Å². The SMILES string of the molecule is [2H].c1ccc2ccccc2c1. The largest absolute Gasteiger partial charge is 0.0616 e. The summed E-state index contributed by atoms with van der Waals surface area (Å²) >= 11 is 0. The van der Waals surface area contributed by atoms with Crippen LogP contribution in [0.1, 0.15) is 1.43 Å². The molecule has 0 heteroatoms. The fourth-order valence-electron chi connectivity index (χ4n) is 1.13. The Bertz CT molecular complexity index is 276. The van der Waals surface area contributed by atoms with Crippen LogP contribution in [0.2, 0.25) is 0 Å². The first-order chi connectivity index (χ1) is 4.97. The summed E-state index contributed by atoms with van der Waals surface area (Å²) in [6, 6.07) is 16.7. The lowest BCUT2D eigenvalue weighted by Gasteiger charge is -1.92. The van der Waals surface area contributed by atoms with Crippen molar-refractivity contribution < 1.29 is 1.43 Å². The number of benzene rings is 2. The molecule has 0 atom stereocenters. The molecule has 0 N–H and O–H groups in total. The molecule has 0 aliphatic heterocycles. The standard InChI is InChI=1S/C10H8.H/c1-2-6-10-8-4-3-7-9(10)5-1;/h1-8H;/i;1+1. The van der Waals surface area contributed by atoms with Gasteiger partial charge in [0.15, 0.2) is 0 Å². The van der Waals surface area contributed by atoms with E-state index in [1.807, 2.05) is 0 Å². The third-order valence-electron chi connectivity index (χ3n) is 1.66. The maximum absolute atomic E-state index is 2.12. The van der Waals surface area contributed by atoms with E-state index in [1.54, 1.807) is 0 Å². The minimum Gasteiger partial charge on any atom is -0.0616 e. The highest BCUT2D eigenvalue weighted by Crippen LogP contribution is 2.11. The minimum absolute atomic E-state index is 0. The van der Waals surface area contributed by atoms with Crippen LogP contribution in [0.25, 0.3) is 10.8 Å². The predicted octanol–water partition coefficient (Wildman–Crippen LogP) is 2.95. The Morgan fingerprint density at radius 1 is 0.600 bits per heavy atom. The second-order valence-corrected chi connectivity index (χ2v) is 2.35. The fourth-order valence-corrected chi connectivity index (χ4v) is 1.13. The molecule has 0 heterocycles. The van der Waals surface area contributed by atoms with Crippen LogP contribution in [0.15, 0.2) is 48.5 Å². The molecule has 2 rings (SSSR count). The first-order valence-electron chi connectivity index (χ1n) is 3.40. The van der Waals surface area contributed by atoms with Crippen LogP contribution in [0.4, 0.5) is 0 Å². The molecule has 0 fully saturated rings. The van der Waals surface area contributed by atoms with Crippen molar-refractivity contribution >= 4 is 10.8 Å². The zero-order valence-electron chi connectivity index (χ0n) is 6.62. The Morgan fingerprint density at radius 3 is 1.20 bits per heavy atom. The van der Waals surface area contributed by atoms with Crippen LogP contribution in [0.5, 0.6) is 0 Å². The Balaban J connectivity index is 0.000000605. The van der Waals surface area contributed by atoms with Crippen molar-refractivity contribution in [3.63, 3.8) is 0 Å². The Labute approximate surface area is 61.6 Å². The molecular formula is C10H9. The molecule has 49 valence electrons. The minimum atomic E-state index is 0. The van der Waals surface area contributed by atoms with E-state index in [2.05, 4.69) is 48.5 Å². The van der Waals surface area contributed by atoms with Gasteiger partial charge in [0, 0.05) is 1.43 Å². The van der Waals surface area contributed by atoms with Gasteiger partial charge >= 0.3 is 0 Å². The monoisotopic (exact) mass is 130 g/mol. The van der Waals surface area contributed by atoms with Crippen LogP contribution < -0.4 is 0 Å². The molecule has 0 unspecified atom stereocenters. The topological polar surface area (TPSA) is 0 Å². The lowest BCUT2D eigenvalue weighted by Crippen LogP contribution is -1.67. The van der Waals surface area contributed by atoms with Crippen LogP contribution in [-0.2, 0) is 0 Å². The van der Waals surface area contributed by atoms with Crippen LogP contribution in [0, 0.1) is 0 Å². The average molecular weight is 130 g/mol. The zero-order chi connectivity index (χ0) is 6.81. The van der Waals surface area contributed by atoms with Crippen molar-refractivity contribution in [1.82, 2.24) is 0 Å². The van der Waals surface area contributed by atoms with E-state index in [0.717, 1.165) is 0 Å². The van der Waals surface area contributed by atoms with Gasteiger partial charge in [-0.3, -0.25) is 0 Å². The van der Waals surface area contributed by atoms with E-state index in [1.165, 1.54) is 10.8 Å². The average Bonchev–Trinajstić information content (AvgIpc) is 2.05. The molecule has 0 bridgehead atoms. The first kappa shape index (κ1) is 5.48. The van der Waals surface area contributed by atoms with Gasteiger partial charge in [0.2, 0.25) is 0 Å². The third-order valence-corrected chi connectivity index (χ3v) is 1.66. The molecule has 0 aromatic heterocycles. The van der Waals surface area contributed by atoms with E-state index in [4.69, 9.17) is 0 Å². The summed E-state index contributed by atoms with van der Waals surface area (Å²) in [4.78, 5) is 0. The summed E-state index contributed by atoms with van der Waals surface area (Å²) in [7, 11) is 0. The third kappa shape index (κ3) is 0.781. The molecule has 2 aromatic carbocycles. The quantitative estimate of drug-likeness (QED) is 0.514. The molecular weight excluding hydrogens is 120 g/mol. The smallest absolute Gasteiger partial charge is 0 e. The Morgan fingerprint density at radius 2 is 0.900 bits per heavy atom. The second kappa shape index (κ2) is 2.14. The maximum atomic E-state index is 2.12. The highest BCUT2D eigenvalue weighted by atomic mass is 13.9. The van der Waals surface area contributed by atoms with Gasteiger partial charge in [-0.25, -0.2) is 0 Å². The number of hydrogen-bond acceptors (Lipinski definition) is 0. The van der Waals surface area contributed by atoms with Crippen LogP contribution >= 0.6 is 0 Å². The summed E-state index contributed by atoms with van der Waals surface area (Å²) in [5, 5.41) is 2.62. The molecule has 0 spiro atoms. The van der Waals surface area contributed by atoms with Gasteiger partial charge in [-0.05, 0) is 10.8 Å². The van der Waals surface area contributed by atoms with Crippen molar-refractivity contribution in [3.8, 4) is 0 Å². The Kier molecular flexibility index (Phi) is 1.17. The van der Waals surface area contributed by atoms with Gasteiger partial charge in [-0.1, -0.05) is 48.5 Å². The zero-order valence-corrected chi connectivity index (χ0v) is 5.62. The van der Waals surface area contributed by atoms with Crippen LogP contribution in [-0.4, -0.2) is 0 Å². The summed E-state index contributed by atoms with van der Waals surface area (Å²) in [5.41, 5.74) is 0. The number of fused-ring (bicyclic) bond motifs is 1. The van der Waals surface area contributed by atoms with E-state index in [0.29, 0.717) is 0 Å². The molecule has 1 radical (unpaired) electrons. The first-order valence-corrected chi connectivity index (χ1v) is 3.40. The molecule has 0 saturated heterocycles. The van der Waals surface area contributed by atoms with Gasteiger partial charge in [-0.15, -0.1) is 0 Å². The highest BCUT2D eigenvalue weighted by Gasteiger charge is 1.85. The van der Waals surface area contributed by atoms with Gasteiger partial charge in [0.05, 0.1) is 0 Å². The van der Waals surface area contributed by atoms with Gasteiger partial charge in [-0.2, -0.15) is 0 Å². The molecule has 0 saturated carbocycles. The molecule has 0 nitrogen and oxygen atoms in total. The normalized spacial score (nSPS) is 10.0. The molecule has 10 heavy (non-hydrogen) atoms. The van der Waals surface area contributed by atoms with Crippen molar-refractivity contribution in [2.75, 3.05) is 0 Å². The van der Waals surface area contributed by atoms with E-state index >= 15 is 0 Å². The lowest BCUT2D eigenvalue weighted by molar-refractivity contribution is 1.75. The van der Waals surface area contributed by atoms with Gasteiger partial charge in [0.1, 0.15) is 0 Å². The van der Waals surface area contributed by atoms with E-state index in [-0.39, 0.29) is 1.43 Å². The van der Waals surface area contributed by atoms with Gasteiger partial charge in [0.25, 0.3) is 0 Å². The lowest BCUT2D eigenvalue weighted by atomic mass is 10.1. The highest BCUT2D eigenvalue weighted by molar-refractivity contribution is 5.81. The second-order valence-electron chi connectivity index (χ2n) is 2.35. The predicted molar refractivity (Wildman–Crippen MR) is 45.1 cm³/mol. The van der Waals surface area contributed by atoms with Crippen molar-refractivity contribution in [3.05, 3.63) is 48.5 Å².